The Morgan fingerprint density at radius 3 is 2.81 bits per heavy atom. The highest BCUT2D eigenvalue weighted by Gasteiger charge is 2.28. The number of rotatable bonds is 9. The van der Waals surface area contributed by atoms with Crippen LogP contribution in [-0.2, 0) is 9.47 Å². The molecule has 4 nitrogen and oxygen atoms in total. The van der Waals surface area contributed by atoms with E-state index >= 15 is 0 Å². The fourth-order valence-electron chi connectivity index (χ4n) is 3.39. The quantitative estimate of drug-likeness (QED) is 0.663. The summed E-state index contributed by atoms with van der Waals surface area (Å²) < 4.78 is 12.1. The Kier molecular flexibility index (Phi) is 8.01. The molecular weight excluding hydrogens is 264 g/mol. The number of hydrogen-bond acceptors (Lipinski definition) is 4. The maximum absolute atomic E-state index is 6.18. The van der Waals surface area contributed by atoms with Crippen molar-refractivity contribution in [2.45, 2.75) is 70.7 Å². The summed E-state index contributed by atoms with van der Waals surface area (Å²) in [5.41, 5.74) is 0. The first-order valence-corrected chi connectivity index (χ1v) is 9.02. The van der Waals surface area contributed by atoms with E-state index in [1.165, 1.54) is 38.6 Å². The maximum Gasteiger partial charge on any atom is 0.0707 e. The van der Waals surface area contributed by atoms with E-state index in [1.54, 1.807) is 0 Å². The number of piperidine rings is 1. The largest absolute Gasteiger partial charge is 0.377 e. The number of hydrogen-bond donors (Lipinski definition) is 1. The van der Waals surface area contributed by atoms with Crippen molar-refractivity contribution in [1.29, 1.82) is 0 Å². The summed E-state index contributed by atoms with van der Waals surface area (Å²) in [4.78, 5) is 2.55. The summed E-state index contributed by atoms with van der Waals surface area (Å²) in [5.74, 6) is 0. The molecule has 2 aliphatic rings. The third-order valence-corrected chi connectivity index (χ3v) is 4.48. The Morgan fingerprint density at radius 1 is 1.14 bits per heavy atom. The predicted octanol–water partition coefficient (Wildman–Crippen LogP) is 2.42. The van der Waals surface area contributed by atoms with Gasteiger partial charge < -0.3 is 14.8 Å². The first-order valence-electron chi connectivity index (χ1n) is 9.02. The lowest BCUT2D eigenvalue weighted by Gasteiger charge is -2.34. The lowest BCUT2D eigenvalue weighted by Crippen LogP contribution is -2.43. The normalized spacial score (nSPS) is 30.9. The molecule has 1 N–H and O–H groups in total. The van der Waals surface area contributed by atoms with E-state index in [-0.39, 0.29) is 0 Å². The maximum atomic E-state index is 6.18. The summed E-state index contributed by atoms with van der Waals surface area (Å²) in [5, 5.41) is 3.47. The highest BCUT2D eigenvalue weighted by atomic mass is 16.5. The van der Waals surface area contributed by atoms with Crippen LogP contribution in [0.5, 0.6) is 0 Å². The molecule has 124 valence electrons. The standard InChI is InChI=1S/C17H34N2O2/c1-3-9-18-12-15-7-8-17(21-15)14-19-10-5-6-16(13-19)20-11-4-2/h15-18H,3-14H2,1-2H3. The third kappa shape index (κ3) is 6.23. The van der Waals surface area contributed by atoms with Crippen LogP contribution in [0.3, 0.4) is 0 Å². The Labute approximate surface area is 130 Å². The van der Waals surface area contributed by atoms with Gasteiger partial charge in [-0.3, -0.25) is 4.90 Å². The highest BCUT2D eigenvalue weighted by molar-refractivity contribution is 4.81. The van der Waals surface area contributed by atoms with Crippen LogP contribution in [0, 0.1) is 0 Å². The summed E-state index contributed by atoms with van der Waals surface area (Å²) in [6.45, 7) is 10.8. The van der Waals surface area contributed by atoms with Gasteiger partial charge in [0.2, 0.25) is 0 Å². The fraction of sp³-hybridized carbons (Fsp3) is 1.00. The van der Waals surface area contributed by atoms with Gasteiger partial charge in [-0.2, -0.15) is 0 Å². The van der Waals surface area contributed by atoms with Gasteiger partial charge in [-0.05, 0) is 51.6 Å². The van der Waals surface area contributed by atoms with Crippen molar-refractivity contribution >= 4 is 0 Å². The van der Waals surface area contributed by atoms with Gasteiger partial charge in [-0.25, -0.2) is 0 Å². The van der Waals surface area contributed by atoms with E-state index in [2.05, 4.69) is 24.1 Å². The monoisotopic (exact) mass is 298 g/mol. The van der Waals surface area contributed by atoms with Crippen LogP contribution in [0.2, 0.25) is 0 Å². The first-order chi connectivity index (χ1) is 10.3. The van der Waals surface area contributed by atoms with Crippen molar-refractivity contribution in [3.63, 3.8) is 0 Å². The lowest BCUT2D eigenvalue weighted by atomic mass is 10.1. The van der Waals surface area contributed by atoms with Gasteiger partial charge >= 0.3 is 0 Å². The molecular formula is C17H34N2O2. The number of nitrogens with one attached hydrogen (secondary N) is 1. The minimum atomic E-state index is 0.429. The minimum Gasteiger partial charge on any atom is -0.377 e. The van der Waals surface area contributed by atoms with Crippen LogP contribution < -0.4 is 5.32 Å². The second-order valence-corrected chi connectivity index (χ2v) is 6.56. The molecule has 2 heterocycles. The second kappa shape index (κ2) is 9.78. The van der Waals surface area contributed by atoms with Crippen molar-refractivity contribution in [1.82, 2.24) is 10.2 Å². The Morgan fingerprint density at radius 2 is 2.00 bits per heavy atom. The summed E-state index contributed by atoms with van der Waals surface area (Å²) in [6, 6.07) is 0. The molecule has 0 saturated carbocycles. The highest BCUT2D eigenvalue weighted by Crippen LogP contribution is 2.22. The molecule has 0 aromatic rings. The summed E-state index contributed by atoms with van der Waals surface area (Å²) >= 11 is 0. The first kappa shape index (κ1) is 17.2. The van der Waals surface area contributed by atoms with E-state index in [1.807, 2.05) is 0 Å². The average molecular weight is 298 g/mol. The Bertz CT molecular complexity index is 276. The molecule has 0 aliphatic carbocycles. The molecule has 2 saturated heterocycles. The third-order valence-electron chi connectivity index (χ3n) is 4.48. The molecule has 0 aromatic heterocycles. The molecule has 2 fully saturated rings. The molecule has 0 aromatic carbocycles. The van der Waals surface area contributed by atoms with Crippen LogP contribution in [0.1, 0.15) is 52.4 Å². The topological polar surface area (TPSA) is 33.7 Å². The summed E-state index contributed by atoms with van der Waals surface area (Å²) in [6.07, 6.45) is 8.55. The van der Waals surface area contributed by atoms with Crippen LogP contribution in [0.4, 0.5) is 0 Å². The Hall–Kier alpha value is -0.160. The number of nitrogens with zero attached hydrogens (tertiary/aromatic N) is 1. The molecule has 3 atom stereocenters. The van der Waals surface area contributed by atoms with Crippen molar-refractivity contribution in [2.75, 3.05) is 39.3 Å². The van der Waals surface area contributed by atoms with Crippen LogP contribution in [-0.4, -0.2) is 62.5 Å². The van der Waals surface area contributed by atoms with Gasteiger partial charge in [0, 0.05) is 26.2 Å². The molecule has 0 radical (unpaired) electrons. The van der Waals surface area contributed by atoms with Gasteiger partial charge in [0.05, 0.1) is 18.3 Å². The average Bonchev–Trinajstić information content (AvgIpc) is 2.93. The zero-order chi connectivity index (χ0) is 14.9. The van der Waals surface area contributed by atoms with E-state index in [9.17, 15) is 0 Å². The predicted molar refractivity (Wildman–Crippen MR) is 86.8 cm³/mol. The summed E-state index contributed by atoms with van der Waals surface area (Å²) in [7, 11) is 0. The smallest absolute Gasteiger partial charge is 0.0707 e. The molecule has 0 amide bonds. The van der Waals surface area contributed by atoms with E-state index < -0.39 is 0 Å². The molecule has 0 spiro atoms. The van der Waals surface area contributed by atoms with E-state index in [0.29, 0.717) is 18.3 Å². The van der Waals surface area contributed by atoms with Crippen LogP contribution in [0.15, 0.2) is 0 Å². The second-order valence-electron chi connectivity index (χ2n) is 6.56. The van der Waals surface area contributed by atoms with Gasteiger partial charge in [0.25, 0.3) is 0 Å². The van der Waals surface area contributed by atoms with Crippen LogP contribution >= 0.6 is 0 Å². The van der Waals surface area contributed by atoms with Gasteiger partial charge in [-0.1, -0.05) is 13.8 Å². The number of ether oxygens (including phenoxy) is 2. The fourth-order valence-corrected chi connectivity index (χ4v) is 3.39. The molecule has 4 heteroatoms. The van der Waals surface area contributed by atoms with Crippen molar-refractivity contribution in [2.24, 2.45) is 0 Å². The van der Waals surface area contributed by atoms with Crippen molar-refractivity contribution in [3.8, 4) is 0 Å². The Balaban J connectivity index is 1.63. The van der Waals surface area contributed by atoms with E-state index in [0.717, 1.165) is 39.2 Å². The molecule has 0 bridgehead atoms. The number of likely N-dealkylation sites (tertiary alicyclic amines) is 1. The minimum absolute atomic E-state index is 0.429. The molecule has 2 rings (SSSR count). The molecule has 3 unspecified atom stereocenters. The zero-order valence-electron chi connectivity index (χ0n) is 14.0. The lowest BCUT2D eigenvalue weighted by molar-refractivity contribution is -0.0244. The van der Waals surface area contributed by atoms with E-state index in [4.69, 9.17) is 9.47 Å². The van der Waals surface area contributed by atoms with Gasteiger partial charge in [0.15, 0.2) is 0 Å². The SMILES string of the molecule is CCCNCC1CCC(CN2CCCC(OCCC)C2)O1. The zero-order valence-corrected chi connectivity index (χ0v) is 14.0. The van der Waals surface area contributed by atoms with Crippen molar-refractivity contribution in [3.05, 3.63) is 0 Å². The van der Waals surface area contributed by atoms with Gasteiger partial charge in [-0.15, -0.1) is 0 Å². The molecule has 21 heavy (non-hydrogen) atoms. The van der Waals surface area contributed by atoms with Crippen molar-refractivity contribution < 1.29 is 9.47 Å². The van der Waals surface area contributed by atoms with Crippen LogP contribution in [0.25, 0.3) is 0 Å². The molecule has 2 aliphatic heterocycles. The van der Waals surface area contributed by atoms with Gasteiger partial charge in [0.1, 0.15) is 0 Å².